The minimum Gasteiger partial charge on any atom is -0.465 e. The summed E-state index contributed by atoms with van der Waals surface area (Å²) >= 11 is 0. The van der Waals surface area contributed by atoms with Crippen LogP contribution in [0.5, 0.6) is 0 Å². The number of amides is 2. The largest absolute Gasteiger partial charge is 0.465 e. The van der Waals surface area contributed by atoms with Crippen molar-refractivity contribution in [2.75, 3.05) is 39.0 Å². The highest BCUT2D eigenvalue weighted by molar-refractivity contribution is 6.10. The van der Waals surface area contributed by atoms with Crippen molar-refractivity contribution in [1.29, 1.82) is 0 Å². The zero-order chi connectivity index (χ0) is 30.1. The molecule has 1 fully saturated rings. The van der Waals surface area contributed by atoms with Crippen molar-refractivity contribution in [2.24, 2.45) is 17.8 Å². The molecule has 1 aliphatic heterocycles. The molecular weight excluding hydrogens is 528 g/mol. The number of rotatable bonds is 8. The van der Waals surface area contributed by atoms with E-state index in [1.165, 1.54) is 31.1 Å². The number of carbonyl (C=O) groups is 4. The molecule has 1 aromatic carbocycles. The first-order valence-corrected chi connectivity index (χ1v) is 13.6. The van der Waals surface area contributed by atoms with Gasteiger partial charge in [0.1, 0.15) is 24.4 Å². The number of fused-ring (bicyclic) bond motifs is 5. The highest BCUT2D eigenvalue weighted by Crippen LogP contribution is 2.61. The normalized spacial score (nSPS) is 27.1. The molecule has 1 heterocycles. The van der Waals surface area contributed by atoms with Gasteiger partial charge in [-0.1, -0.05) is 43.0 Å². The van der Waals surface area contributed by atoms with Crippen molar-refractivity contribution in [3.05, 3.63) is 66.3 Å². The summed E-state index contributed by atoms with van der Waals surface area (Å²) in [5, 5.41) is 0. The molecule has 3 aliphatic rings. The van der Waals surface area contributed by atoms with E-state index in [9.17, 15) is 19.2 Å². The third kappa shape index (κ3) is 5.40. The standard InChI is InChI=1S/C31H38N2O8/c1-8-15-39-29(37)32(6)27-22(17-40-19(2)34)20-13-14-31(26(27)21(20)16-25(35)41-30(3,4)5)23-11-9-10-12-24(23)33(18-38-7)28(31)36/h8-14,16,20,22,26-27H,1,15,17-18H2,2-7H3/b21-16-/t20-,22-,26+,27+,31+/m0/s1. The van der Waals surface area contributed by atoms with Gasteiger partial charge >= 0.3 is 18.0 Å². The molecule has 1 saturated carbocycles. The monoisotopic (exact) mass is 566 g/mol. The molecule has 4 rings (SSSR count). The van der Waals surface area contributed by atoms with Crippen molar-refractivity contribution >= 4 is 29.6 Å². The molecule has 2 amide bonds. The molecule has 220 valence electrons. The third-order valence-corrected chi connectivity index (χ3v) is 7.77. The number of hydrogen-bond donors (Lipinski definition) is 0. The van der Waals surface area contributed by atoms with E-state index in [4.69, 9.17) is 18.9 Å². The van der Waals surface area contributed by atoms with Crippen LogP contribution in [0.25, 0.3) is 0 Å². The fourth-order valence-corrected chi connectivity index (χ4v) is 6.42. The summed E-state index contributed by atoms with van der Waals surface area (Å²) in [5.74, 6) is -2.90. The first kappa shape index (κ1) is 30.0. The van der Waals surface area contributed by atoms with Crippen molar-refractivity contribution in [1.82, 2.24) is 4.90 Å². The highest BCUT2D eigenvalue weighted by Gasteiger charge is 2.65. The lowest BCUT2D eigenvalue weighted by molar-refractivity contribution is -0.148. The van der Waals surface area contributed by atoms with Gasteiger partial charge in [0.2, 0.25) is 5.91 Å². The first-order chi connectivity index (χ1) is 19.4. The van der Waals surface area contributed by atoms with Crippen molar-refractivity contribution < 1.29 is 38.1 Å². The second-order valence-corrected chi connectivity index (χ2v) is 11.5. The molecule has 1 aromatic rings. The number of benzene rings is 1. The van der Waals surface area contributed by atoms with E-state index in [1.807, 2.05) is 36.4 Å². The number of para-hydroxylation sites is 1. The van der Waals surface area contributed by atoms with E-state index < -0.39 is 52.8 Å². The predicted octanol–water partition coefficient (Wildman–Crippen LogP) is 3.76. The number of carbonyl (C=O) groups excluding carboxylic acids is 4. The van der Waals surface area contributed by atoms with Gasteiger partial charge < -0.3 is 23.8 Å². The maximum atomic E-state index is 14.5. The van der Waals surface area contributed by atoms with Crippen LogP contribution < -0.4 is 4.90 Å². The van der Waals surface area contributed by atoms with Crippen LogP contribution in [0.2, 0.25) is 0 Å². The number of ether oxygens (including phenoxy) is 4. The van der Waals surface area contributed by atoms with Gasteiger partial charge in [0.15, 0.2) is 0 Å². The predicted molar refractivity (Wildman–Crippen MR) is 151 cm³/mol. The summed E-state index contributed by atoms with van der Waals surface area (Å²) in [5.41, 5.74) is 0.000295. The van der Waals surface area contributed by atoms with E-state index in [2.05, 4.69) is 6.58 Å². The summed E-state index contributed by atoms with van der Waals surface area (Å²) in [6.07, 6.45) is 6.02. The zero-order valence-corrected chi connectivity index (χ0v) is 24.4. The number of esters is 2. The Balaban J connectivity index is 1.95. The van der Waals surface area contributed by atoms with Gasteiger partial charge in [-0.2, -0.15) is 0 Å². The quantitative estimate of drug-likeness (QED) is 0.202. The average Bonchev–Trinajstić information content (AvgIpc) is 3.25. The maximum Gasteiger partial charge on any atom is 0.410 e. The third-order valence-electron chi connectivity index (χ3n) is 7.77. The Labute approximate surface area is 240 Å². The molecule has 2 aliphatic carbocycles. The smallest absolute Gasteiger partial charge is 0.410 e. The molecule has 0 saturated heterocycles. The van der Waals surface area contributed by atoms with Crippen LogP contribution in [0, 0.1) is 17.8 Å². The maximum absolute atomic E-state index is 14.5. The molecule has 1 spiro atoms. The molecule has 0 unspecified atom stereocenters. The van der Waals surface area contributed by atoms with E-state index in [1.54, 1.807) is 32.7 Å². The molecule has 0 radical (unpaired) electrons. The van der Waals surface area contributed by atoms with Gasteiger partial charge in [0, 0.05) is 51.0 Å². The lowest BCUT2D eigenvalue weighted by Gasteiger charge is -2.41. The van der Waals surface area contributed by atoms with Gasteiger partial charge in [0.05, 0.1) is 12.3 Å². The van der Waals surface area contributed by atoms with Crippen LogP contribution >= 0.6 is 0 Å². The van der Waals surface area contributed by atoms with Crippen LogP contribution in [0.4, 0.5) is 10.5 Å². The second kappa shape index (κ2) is 11.5. The lowest BCUT2D eigenvalue weighted by atomic mass is 9.64. The summed E-state index contributed by atoms with van der Waals surface area (Å²) < 4.78 is 21.9. The molecular formula is C31H38N2O8. The Hall–Kier alpha value is -3.92. The van der Waals surface area contributed by atoms with Gasteiger partial charge in [0.25, 0.3) is 0 Å². The molecule has 0 N–H and O–H groups in total. The molecule has 41 heavy (non-hydrogen) atoms. The SMILES string of the molecule is C=CCOC(=O)N(C)[C@@H]1[C@@H](COC(C)=O)[C@H]2C=C[C@]3(C(=O)N(COC)c4ccccc43)[C@@H]1/C2=C\C(=O)OC(C)(C)C. The summed E-state index contributed by atoms with van der Waals surface area (Å²) in [4.78, 5) is 55.9. The Bertz CT molecular complexity index is 1300. The van der Waals surface area contributed by atoms with Crippen LogP contribution in [0.15, 0.2) is 60.7 Å². The Morgan fingerprint density at radius 3 is 2.51 bits per heavy atom. The fraction of sp³-hybridized carbons (Fsp3) is 0.484. The summed E-state index contributed by atoms with van der Waals surface area (Å²) in [6, 6.07) is 6.73. The zero-order valence-electron chi connectivity index (χ0n) is 24.4. The summed E-state index contributed by atoms with van der Waals surface area (Å²) in [7, 11) is 3.10. The summed E-state index contributed by atoms with van der Waals surface area (Å²) in [6.45, 7) is 10.2. The minimum absolute atomic E-state index is 0.00796. The average molecular weight is 567 g/mol. The molecule has 0 aromatic heterocycles. The van der Waals surface area contributed by atoms with Crippen molar-refractivity contribution in [3.63, 3.8) is 0 Å². The molecule has 5 atom stereocenters. The lowest BCUT2D eigenvalue weighted by Crippen LogP contribution is -2.54. The topological polar surface area (TPSA) is 112 Å². The molecule has 2 bridgehead atoms. The van der Waals surface area contributed by atoms with Crippen molar-refractivity contribution in [2.45, 2.75) is 44.8 Å². The Morgan fingerprint density at radius 1 is 1.17 bits per heavy atom. The van der Waals surface area contributed by atoms with Crippen LogP contribution in [-0.4, -0.2) is 74.6 Å². The number of anilines is 1. The molecule has 10 nitrogen and oxygen atoms in total. The molecule has 10 heteroatoms. The van der Waals surface area contributed by atoms with Gasteiger partial charge in [-0.3, -0.25) is 14.5 Å². The number of hydrogen-bond acceptors (Lipinski definition) is 8. The number of methoxy groups -OCH3 is 1. The van der Waals surface area contributed by atoms with E-state index in [0.717, 1.165) is 5.56 Å². The van der Waals surface area contributed by atoms with E-state index in [0.29, 0.717) is 11.3 Å². The van der Waals surface area contributed by atoms with Gasteiger partial charge in [-0.25, -0.2) is 9.59 Å². The van der Waals surface area contributed by atoms with Crippen LogP contribution in [0.1, 0.15) is 33.3 Å². The first-order valence-electron chi connectivity index (χ1n) is 13.6. The van der Waals surface area contributed by atoms with Gasteiger partial charge in [-0.05, 0) is 38.0 Å². The van der Waals surface area contributed by atoms with Crippen molar-refractivity contribution in [3.8, 4) is 0 Å². The Morgan fingerprint density at radius 2 is 1.88 bits per heavy atom. The van der Waals surface area contributed by atoms with E-state index in [-0.39, 0.29) is 25.9 Å². The number of allylic oxidation sites excluding steroid dienone is 1. The fourth-order valence-electron chi connectivity index (χ4n) is 6.42. The second-order valence-electron chi connectivity index (χ2n) is 11.5. The highest BCUT2D eigenvalue weighted by atomic mass is 16.6. The van der Waals surface area contributed by atoms with E-state index >= 15 is 0 Å². The van der Waals surface area contributed by atoms with Crippen LogP contribution in [-0.2, 0) is 38.7 Å². The Kier molecular flexibility index (Phi) is 8.44. The van der Waals surface area contributed by atoms with Gasteiger partial charge in [-0.15, -0.1) is 0 Å². The minimum atomic E-state index is -1.28. The van der Waals surface area contributed by atoms with Crippen LogP contribution in [0.3, 0.4) is 0 Å². The number of nitrogens with zero attached hydrogens (tertiary/aromatic N) is 2.